The molecule has 4 nitrogen and oxygen atoms in total. The molecule has 0 aromatic rings. The smallest absolute Gasteiger partial charge is 0.438 e. The van der Waals surface area contributed by atoms with Crippen molar-refractivity contribution in [2.75, 3.05) is 31.8 Å². The summed E-state index contributed by atoms with van der Waals surface area (Å²) in [6.07, 6.45) is -0.611. The van der Waals surface area contributed by atoms with E-state index in [1.165, 1.54) is 7.11 Å². The quantitative estimate of drug-likeness (QED) is 0.434. The Morgan fingerprint density at radius 1 is 1.25 bits per heavy atom. The zero-order valence-corrected chi connectivity index (χ0v) is 12.0. The summed E-state index contributed by atoms with van der Waals surface area (Å²) in [6, 6.07) is 0. The minimum atomic E-state index is -0.611. The Morgan fingerprint density at radius 2 is 1.88 bits per heavy atom. The van der Waals surface area contributed by atoms with Crippen LogP contribution in [0.4, 0.5) is 4.79 Å². The normalized spacial score (nSPS) is 11.2. The molecule has 0 aliphatic rings. The molecule has 0 rings (SSSR count). The van der Waals surface area contributed by atoms with Gasteiger partial charge in [0.1, 0.15) is 6.61 Å². The van der Waals surface area contributed by atoms with E-state index in [0.717, 1.165) is 18.1 Å². The zero-order chi connectivity index (χ0) is 12.4. The summed E-state index contributed by atoms with van der Waals surface area (Å²) in [6.45, 7) is 7.83. The Kier molecular flexibility index (Phi) is 8.97. The van der Waals surface area contributed by atoms with E-state index in [9.17, 15) is 4.79 Å². The third kappa shape index (κ3) is 12.0. The summed E-state index contributed by atoms with van der Waals surface area (Å²) in [7, 11) is 4.78. The van der Waals surface area contributed by atoms with Crippen molar-refractivity contribution in [3.63, 3.8) is 0 Å². The Hall–Kier alpha value is -0.0700. The van der Waals surface area contributed by atoms with Crippen LogP contribution in [0.1, 0.15) is 20.8 Å². The average Bonchev–Trinajstić information content (AvgIpc) is 2.20. The van der Waals surface area contributed by atoms with Crippen LogP contribution in [0.2, 0.25) is 0 Å². The summed E-state index contributed by atoms with van der Waals surface area (Å²) in [5, 5.41) is 3.40. The van der Waals surface area contributed by atoms with Gasteiger partial charge in [-0.15, -0.1) is 0 Å². The third-order valence-corrected chi connectivity index (χ3v) is 3.85. The van der Waals surface area contributed by atoms with Gasteiger partial charge in [0.25, 0.3) is 0 Å². The second-order valence-electron chi connectivity index (χ2n) is 4.12. The molecule has 0 aliphatic heterocycles. The van der Waals surface area contributed by atoms with Crippen molar-refractivity contribution in [3.8, 4) is 0 Å². The number of carbonyl (C=O) groups is 1. The van der Waals surface area contributed by atoms with Crippen LogP contribution in [0, 0.1) is 0 Å². The van der Waals surface area contributed by atoms with E-state index in [0.29, 0.717) is 6.61 Å². The molecule has 0 radical (unpaired) electrons. The van der Waals surface area contributed by atoms with Gasteiger partial charge in [0, 0.05) is 23.6 Å². The fraction of sp³-hybridized carbons (Fsp3) is 0.900. The van der Waals surface area contributed by atoms with Gasteiger partial charge in [0.15, 0.2) is 0 Å². The van der Waals surface area contributed by atoms with Gasteiger partial charge < -0.3 is 14.8 Å². The van der Waals surface area contributed by atoms with Crippen molar-refractivity contribution in [2.45, 2.75) is 26.3 Å². The first-order chi connectivity index (χ1) is 7.45. The van der Waals surface area contributed by atoms with Gasteiger partial charge >= 0.3 is 6.16 Å². The molecule has 0 bridgehead atoms. The van der Waals surface area contributed by atoms with Crippen LogP contribution >= 0.6 is 21.6 Å². The number of nitrogens with one attached hydrogen (secondary N) is 1. The van der Waals surface area contributed by atoms with Crippen molar-refractivity contribution in [1.29, 1.82) is 0 Å². The van der Waals surface area contributed by atoms with Crippen LogP contribution in [-0.2, 0) is 9.47 Å². The molecule has 0 atom stereocenters. The van der Waals surface area contributed by atoms with Gasteiger partial charge in [-0.05, 0) is 20.8 Å². The lowest BCUT2D eigenvalue weighted by molar-refractivity contribution is 0.0779. The maximum absolute atomic E-state index is 10.6. The molecule has 6 heteroatoms. The van der Waals surface area contributed by atoms with Crippen molar-refractivity contribution in [2.24, 2.45) is 0 Å². The maximum atomic E-state index is 10.6. The van der Waals surface area contributed by atoms with E-state index in [1.807, 2.05) is 0 Å². The number of ether oxygens (including phenoxy) is 2. The molecule has 0 aromatic heterocycles. The molecule has 1 N–H and O–H groups in total. The third-order valence-electron chi connectivity index (χ3n) is 1.48. The first-order valence-corrected chi connectivity index (χ1v) is 7.64. The monoisotopic (exact) mass is 267 g/mol. The topological polar surface area (TPSA) is 47.6 Å². The summed E-state index contributed by atoms with van der Waals surface area (Å²) in [4.78, 5) is 10.6. The van der Waals surface area contributed by atoms with Crippen LogP contribution < -0.4 is 5.32 Å². The first kappa shape index (κ1) is 15.9. The Balaban J connectivity index is 3.13. The lowest BCUT2D eigenvalue weighted by Crippen LogP contribution is -2.37. The van der Waals surface area contributed by atoms with Crippen molar-refractivity contribution >= 4 is 27.7 Å². The largest absolute Gasteiger partial charge is 0.508 e. The van der Waals surface area contributed by atoms with Crippen LogP contribution in [-0.4, -0.2) is 43.5 Å². The first-order valence-electron chi connectivity index (χ1n) is 5.16. The highest BCUT2D eigenvalue weighted by molar-refractivity contribution is 8.76. The molecule has 0 aromatic carbocycles. The fourth-order valence-corrected chi connectivity index (χ4v) is 2.54. The van der Waals surface area contributed by atoms with Crippen molar-refractivity contribution < 1.29 is 14.3 Å². The number of carbonyl (C=O) groups excluding carboxylic acids is 1. The van der Waals surface area contributed by atoms with E-state index in [4.69, 9.17) is 4.74 Å². The molecule has 0 amide bonds. The van der Waals surface area contributed by atoms with Gasteiger partial charge in [-0.25, -0.2) is 4.79 Å². The van der Waals surface area contributed by atoms with Gasteiger partial charge in [-0.3, -0.25) is 0 Å². The molecule has 0 spiro atoms. The minimum absolute atomic E-state index is 0.180. The van der Waals surface area contributed by atoms with Crippen molar-refractivity contribution in [3.05, 3.63) is 0 Å². The number of rotatable bonds is 7. The number of hydrogen-bond acceptors (Lipinski definition) is 6. The lowest BCUT2D eigenvalue weighted by atomic mass is 10.1. The van der Waals surface area contributed by atoms with Crippen LogP contribution in [0.3, 0.4) is 0 Å². The molecule has 0 aliphatic carbocycles. The number of hydrogen-bond donors (Lipinski definition) is 1. The van der Waals surface area contributed by atoms with Crippen LogP contribution in [0.25, 0.3) is 0 Å². The molecule has 96 valence electrons. The summed E-state index contributed by atoms with van der Waals surface area (Å²) < 4.78 is 9.09. The van der Waals surface area contributed by atoms with Gasteiger partial charge in [0.2, 0.25) is 0 Å². The highest BCUT2D eigenvalue weighted by Crippen LogP contribution is 2.20. The second kappa shape index (κ2) is 9.01. The molecule has 0 fully saturated rings. The highest BCUT2D eigenvalue weighted by atomic mass is 33.1. The highest BCUT2D eigenvalue weighted by Gasteiger charge is 2.07. The number of methoxy groups -OCH3 is 1. The predicted molar refractivity (Wildman–Crippen MR) is 71.0 cm³/mol. The molecule has 0 unspecified atom stereocenters. The second-order valence-corrected chi connectivity index (χ2v) is 6.83. The van der Waals surface area contributed by atoms with E-state index >= 15 is 0 Å². The standard InChI is InChI=1S/C10H21NO3S2/c1-10(2,3)11-5-7-15-16-8-6-14-9(12)13-4/h11H,5-8H2,1-4H3. The summed E-state index contributed by atoms with van der Waals surface area (Å²) in [5.41, 5.74) is 0.180. The Bertz CT molecular complexity index is 195. The van der Waals surface area contributed by atoms with Crippen LogP contribution in [0.5, 0.6) is 0 Å². The van der Waals surface area contributed by atoms with E-state index in [2.05, 4.69) is 30.8 Å². The summed E-state index contributed by atoms with van der Waals surface area (Å²) in [5.74, 6) is 1.83. The Morgan fingerprint density at radius 3 is 2.44 bits per heavy atom. The predicted octanol–water partition coefficient (Wildman–Crippen LogP) is 2.54. The SMILES string of the molecule is COC(=O)OCCSSCCNC(C)(C)C. The molecular weight excluding hydrogens is 246 g/mol. The fourth-order valence-electron chi connectivity index (χ4n) is 0.803. The van der Waals surface area contributed by atoms with Gasteiger partial charge in [0.05, 0.1) is 7.11 Å². The van der Waals surface area contributed by atoms with E-state index < -0.39 is 6.16 Å². The molecule has 0 saturated heterocycles. The maximum Gasteiger partial charge on any atom is 0.508 e. The van der Waals surface area contributed by atoms with Gasteiger partial charge in [-0.2, -0.15) is 0 Å². The molecule has 0 saturated carbocycles. The van der Waals surface area contributed by atoms with E-state index in [1.54, 1.807) is 21.6 Å². The molecule has 0 heterocycles. The zero-order valence-electron chi connectivity index (χ0n) is 10.4. The molecular formula is C10H21NO3S2. The lowest BCUT2D eigenvalue weighted by Gasteiger charge is -2.19. The van der Waals surface area contributed by atoms with Crippen molar-refractivity contribution in [1.82, 2.24) is 5.32 Å². The van der Waals surface area contributed by atoms with Gasteiger partial charge in [-0.1, -0.05) is 21.6 Å². The minimum Gasteiger partial charge on any atom is -0.438 e. The van der Waals surface area contributed by atoms with Crippen LogP contribution in [0.15, 0.2) is 0 Å². The average molecular weight is 267 g/mol. The summed E-state index contributed by atoms with van der Waals surface area (Å²) >= 11 is 0. The Labute approximate surface area is 106 Å². The molecule has 16 heavy (non-hydrogen) atoms. The van der Waals surface area contributed by atoms with E-state index in [-0.39, 0.29) is 5.54 Å².